The number of benzene rings is 2. The van der Waals surface area contributed by atoms with Gasteiger partial charge in [0.05, 0.1) is 36.8 Å². The molecule has 3 rings (SSSR count). The summed E-state index contributed by atoms with van der Waals surface area (Å²) < 4.78 is 40.4. The molecule has 1 aromatic heterocycles. The minimum absolute atomic E-state index is 0.0133. The molecular weight excluding hydrogens is 368 g/mol. The zero-order valence-electron chi connectivity index (χ0n) is 15.2. The molecule has 0 aliphatic heterocycles. The van der Waals surface area contributed by atoms with Crippen LogP contribution < -0.4 is 14.8 Å². The van der Waals surface area contributed by atoms with Crippen molar-refractivity contribution in [2.75, 3.05) is 25.3 Å². The Morgan fingerprint density at radius 1 is 1.07 bits per heavy atom. The molecule has 0 saturated carbocycles. The Bertz CT molecular complexity index is 1030. The highest BCUT2D eigenvalue weighted by atomic mass is 32.2. The van der Waals surface area contributed by atoms with Crippen LogP contribution in [0.2, 0.25) is 0 Å². The zero-order valence-corrected chi connectivity index (χ0v) is 16.0. The second kappa shape index (κ2) is 7.71. The maximum Gasteiger partial charge on any atom is 0.299 e. The lowest BCUT2D eigenvalue weighted by Crippen LogP contribution is -2.05. The molecule has 3 aromatic rings. The van der Waals surface area contributed by atoms with E-state index in [1.54, 1.807) is 26.3 Å². The van der Waals surface area contributed by atoms with Gasteiger partial charge < -0.3 is 19.2 Å². The summed E-state index contributed by atoms with van der Waals surface area (Å²) in [5.41, 5.74) is 1.29. The Kier molecular flexibility index (Phi) is 5.36. The minimum atomic E-state index is -3.34. The monoisotopic (exact) mass is 388 g/mol. The van der Waals surface area contributed by atoms with Gasteiger partial charge in [0.2, 0.25) is 0 Å². The highest BCUT2D eigenvalue weighted by Crippen LogP contribution is 2.32. The average Bonchev–Trinajstić information content (AvgIpc) is 3.16. The number of rotatable bonds is 7. The first-order valence-electron chi connectivity index (χ1n) is 8.25. The van der Waals surface area contributed by atoms with E-state index in [4.69, 9.17) is 13.9 Å². The van der Waals surface area contributed by atoms with Crippen molar-refractivity contribution in [3.8, 4) is 22.8 Å². The van der Waals surface area contributed by atoms with Gasteiger partial charge in [-0.15, -0.1) is 0 Å². The smallest absolute Gasteiger partial charge is 0.299 e. The Morgan fingerprint density at radius 3 is 2.44 bits per heavy atom. The van der Waals surface area contributed by atoms with Crippen LogP contribution in [0.25, 0.3) is 11.3 Å². The first-order chi connectivity index (χ1) is 13.0. The standard InChI is InChI=1S/C19H20N2O5S/c1-4-27(22,23)15-9-10-17(25-3)16(11-15)21-19-20-12-18(26-19)13-5-7-14(24-2)8-6-13/h5-12H,4H2,1-3H3,(H,20,21). The van der Waals surface area contributed by atoms with Crippen molar-refractivity contribution < 1.29 is 22.3 Å². The Labute approximate surface area is 157 Å². The van der Waals surface area contributed by atoms with Crippen molar-refractivity contribution >= 4 is 21.5 Å². The van der Waals surface area contributed by atoms with Crippen molar-refractivity contribution in [3.05, 3.63) is 48.7 Å². The Morgan fingerprint density at radius 2 is 1.81 bits per heavy atom. The maximum absolute atomic E-state index is 12.1. The molecule has 0 aliphatic carbocycles. The van der Waals surface area contributed by atoms with Crippen molar-refractivity contribution in [2.24, 2.45) is 0 Å². The van der Waals surface area contributed by atoms with E-state index in [0.29, 0.717) is 17.2 Å². The van der Waals surface area contributed by atoms with E-state index >= 15 is 0 Å². The summed E-state index contributed by atoms with van der Waals surface area (Å²) >= 11 is 0. The molecule has 0 unspecified atom stereocenters. The summed E-state index contributed by atoms with van der Waals surface area (Å²) in [5.74, 6) is 1.81. The number of nitrogens with one attached hydrogen (secondary N) is 1. The van der Waals surface area contributed by atoms with Crippen LogP contribution in [0.1, 0.15) is 6.92 Å². The highest BCUT2D eigenvalue weighted by Gasteiger charge is 2.16. The summed E-state index contributed by atoms with van der Waals surface area (Å²) in [6, 6.07) is 12.2. The molecule has 0 bridgehead atoms. The van der Waals surface area contributed by atoms with Gasteiger partial charge in [-0.1, -0.05) is 6.92 Å². The fourth-order valence-corrected chi connectivity index (χ4v) is 3.39. The summed E-state index contributed by atoms with van der Waals surface area (Å²) in [6.45, 7) is 1.60. The van der Waals surface area contributed by atoms with Crippen molar-refractivity contribution in [2.45, 2.75) is 11.8 Å². The van der Waals surface area contributed by atoms with Crippen LogP contribution in [0.15, 0.2) is 58.0 Å². The number of ether oxygens (including phenoxy) is 2. The van der Waals surface area contributed by atoms with Gasteiger partial charge in [-0.2, -0.15) is 0 Å². The molecule has 0 amide bonds. The normalized spacial score (nSPS) is 11.2. The van der Waals surface area contributed by atoms with E-state index in [1.807, 2.05) is 24.3 Å². The first kappa shape index (κ1) is 18.8. The molecule has 7 nitrogen and oxygen atoms in total. The second-order valence-electron chi connectivity index (χ2n) is 5.65. The number of nitrogens with zero attached hydrogens (tertiary/aromatic N) is 1. The molecule has 0 fully saturated rings. The Balaban J connectivity index is 1.89. The third kappa shape index (κ3) is 4.06. The molecule has 142 valence electrons. The molecule has 0 saturated heterocycles. The highest BCUT2D eigenvalue weighted by molar-refractivity contribution is 7.91. The number of oxazole rings is 1. The molecule has 0 spiro atoms. The molecule has 2 aromatic carbocycles. The predicted octanol–water partition coefficient (Wildman–Crippen LogP) is 3.90. The van der Waals surface area contributed by atoms with E-state index in [1.165, 1.54) is 19.2 Å². The third-order valence-electron chi connectivity index (χ3n) is 4.03. The lowest BCUT2D eigenvalue weighted by molar-refractivity contribution is 0.415. The van der Waals surface area contributed by atoms with Crippen LogP contribution >= 0.6 is 0 Å². The molecule has 27 heavy (non-hydrogen) atoms. The largest absolute Gasteiger partial charge is 0.497 e. The lowest BCUT2D eigenvalue weighted by Gasteiger charge is -2.10. The quantitative estimate of drug-likeness (QED) is 0.656. The van der Waals surface area contributed by atoms with Gasteiger partial charge in [0.15, 0.2) is 15.6 Å². The van der Waals surface area contributed by atoms with Gasteiger partial charge in [0, 0.05) is 5.56 Å². The number of hydrogen-bond acceptors (Lipinski definition) is 7. The van der Waals surface area contributed by atoms with Crippen molar-refractivity contribution in [1.82, 2.24) is 4.98 Å². The second-order valence-corrected chi connectivity index (χ2v) is 7.93. The summed E-state index contributed by atoms with van der Waals surface area (Å²) in [7, 11) is -0.231. The summed E-state index contributed by atoms with van der Waals surface area (Å²) in [5, 5.41) is 2.98. The third-order valence-corrected chi connectivity index (χ3v) is 5.76. The molecule has 0 atom stereocenters. The van der Waals surface area contributed by atoms with Crippen LogP contribution in [-0.2, 0) is 9.84 Å². The van der Waals surface area contributed by atoms with E-state index < -0.39 is 9.84 Å². The van der Waals surface area contributed by atoms with Crippen LogP contribution in [0, 0.1) is 0 Å². The van der Waals surface area contributed by atoms with E-state index in [9.17, 15) is 8.42 Å². The van der Waals surface area contributed by atoms with Gasteiger partial charge >= 0.3 is 0 Å². The van der Waals surface area contributed by atoms with Gasteiger partial charge in [-0.05, 0) is 42.5 Å². The van der Waals surface area contributed by atoms with E-state index in [-0.39, 0.29) is 16.7 Å². The van der Waals surface area contributed by atoms with Gasteiger partial charge in [0.25, 0.3) is 6.01 Å². The maximum atomic E-state index is 12.1. The zero-order chi connectivity index (χ0) is 19.4. The first-order valence-corrected chi connectivity index (χ1v) is 9.90. The van der Waals surface area contributed by atoms with Crippen LogP contribution in [0.4, 0.5) is 11.7 Å². The molecule has 8 heteroatoms. The van der Waals surface area contributed by atoms with E-state index in [0.717, 1.165) is 11.3 Å². The van der Waals surface area contributed by atoms with Crippen molar-refractivity contribution in [3.63, 3.8) is 0 Å². The molecular formula is C19H20N2O5S. The topological polar surface area (TPSA) is 90.7 Å². The van der Waals surface area contributed by atoms with Gasteiger partial charge in [-0.3, -0.25) is 0 Å². The molecule has 1 heterocycles. The predicted molar refractivity (Wildman–Crippen MR) is 102 cm³/mol. The van der Waals surface area contributed by atoms with Crippen molar-refractivity contribution in [1.29, 1.82) is 0 Å². The number of hydrogen-bond donors (Lipinski definition) is 1. The average molecular weight is 388 g/mol. The lowest BCUT2D eigenvalue weighted by atomic mass is 10.2. The number of methoxy groups -OCH3 is 2. The van der Waals surface area contributed by atoms with Crippen LogP contribution in [-0.4, -0.2) is 33.4 Å². The SMILES string of the molecule is CCS(=O)(=O)c1ccc(OC)c(Nc2ncc(-c3ccc(OC)cc3)o2)c1. The fourth-order valence-electron chi connectivity index (χ4n) is 2.48. The summed E-state index contributed by atoms with van der Waals surface area (Å²) in [6.07, 6.45) is 1.59. The fraction of sp³-hybridized carbons (Fsp3) is 0.211. The van der Waals surface area contributed by atoms with Crippen LogP contribution in [0.5, 0.6) is 11.5 Å². The number of anilines is 2. The van der Waals surface area contributed by atoms with E-state index in [2.05, 4.69) is 10.3 Å². The minimum Gasteiger partial charge on any atom is -0.497 e. The Hall–Kier alpha value is -3.00. The summed E-state index contributed by atoms with van der Waals surface area (Å²) in [4.78, 5) is 4.41. The van der Waals surface area contributed by atoms with Gasteiger partial charge in [-0.25, -0.2) is 13.4 Å². The molecule has 0 radical (unpaired) electrons. The molecule has 0 aliphatic rings. The number of aromatic nitrogens is 1. The van der Waals surface area contributed by atoms with Crippen LogP contribution in [0.3, 0.4) is 0 Å². The molecule has 1 N–H and O–H groups in total. The van der Waals surface area contributed by atoms with Gasteiger partial charge in [0.1, 0.15) is 11.5 Å². The number of sulfone groups is 1.